The van der Waals surface area contributed by atoms with E-state index in [0.29, 0.717) is 17.6 Å². The Balaban J connectivity index is 1.69. The molecule has 0 saturated heterocycles. The van der Waals surface area contributed by atoms with Gasteiger partial charge in [-0.2, -0.15) is 4.98 Å². The van der Waals surface area contributed by atoms with Gasteiger partial charge >= 0.3 is 0 Å². The molecule has 1 amide bonds. The molecule has 2 atom stereocenters. The molecule has 6 heteroatoms. The maximum Gasteiger partial charge on any atom is 0.230 e. The molecule has 20 heavy (non-hydrogen) atoms. The van der Waals surface area contributed by atoms with Gasteiger partial charge < -0.3 is 9.84 Å². The number of rotatable bonds is 4. The number of hydrogen-bond acceptors (Lipinski definition) is 4. The first-order valence-electron chi connectivity index (χ1n) is 6.46. The van der Waals surface area contributed by atoms with Crippen LogP contribution in [0.5, 0.6) is 0 Å². The van der Waals surface area contributed by atoms with E-state index in [1.165, 1.54) is 5.56 Å². The zero-order chi connectivity index (χ0) is 14.1. The van der Waals surface area contributed by atoms with Crippen molar-refractivity contribution in [2.24, 2.45) is 0 Å². The zero-order valence-electron chi connectivity index (χ0n) is 11.0. The van der Waals surface area contributed by atoms with Crippen molar-refractivity contribution in [3.8, 4) is 0 Å². The molecular weight excluding hydrogens is 278 g/mol. The zero-order valence-corrected chi connectivity index (χ0v) is 11.7. The molecular formula is C14H14ClN3O2. The molecule has 1 aromatic heterocycles. The number of carbonyl (C=O) groups is 1. The standard InChI is InChI=1S/C14H14ClN3O2/c1-16-13(19)7-12-17-14(20-18-12)11-6-10(11)8-3-2-4-9(15)5-8/h2-5,10-11H,6-7H2,1H3,(H,16,19)/t10-,11-/m0/s1. The number of amides is 1. The van der Waals surface area contributed by atoms with E-state index in [2.05, 4.69) is 21.5 Å². The summed E-state index contributed by atoms with van der Waals surface area (Å²) in [6.07, 6.45) is 1.12. The second kappa shape index (κ2) is 5.25. The molecule has 1 aliphatic rings. The monoisotopic (exact) mass is 291 g/mol. The van der Waals surface area contributed by atoms with E-state index < -0.39 is 0 Å². The number of benzene rings is 1. The van der Waals surface area contributed by atoms with Crippen molar-refractivity contribution in [2.75, 3.05) is 7.05 Å². The van der Waals surface area contributed by atoms with E-state index in [1.807, 2.05) is 18.2 Å². The molecule has 0 radical (unpaired) electrons. The fourth-order valence-electron chi connectivity index (χ4n) is 2.30. The largest absolute Gasteiger partial charge is 0.359 e. The third-order valence-electron chi connectivity index (χ3n) is 3.47. The molecule has 1 N–H and O–H groups in total. The van der Waals surface area contributed by atoms with Crippen LogP contribution in [0.15, 0.2) is 28.8 Å². The number of hydrogen-bond donors (Lipinski definition) is 1. The molecule has 1 aromatic carbocycles. The van der Waals surface area contributed by atoms with E-state index in [-0.39, 0.29) is 18.2 Å². The van der Waals surface area contributed by atoms with E-state index in [1.54, 1.807) is 7.05 Å². The van der Waals surface area contributed by atoms with E-state index in [4.69, 9.17) is 16.1 Å². The summed E-state index contributed by atoms with van der Waals surface area (Å²) in [5.74, 6) is 1.52. The average Bonchev–Trinajstić information content (AvgIpc) is 3.12. The number of likely N-dealkylation sites (N-methyl/N-ethyl adjacent to an activating group) is 1. The molecule has 1 saturated carbocycles. The van der Waals surface area contributed by atoms with Crippen LogP contribution < -0.4 is 5.32 Å². The Bertz CT molecular complexity index is 641. The molecule has 0 spiro atoms. The summed E-state index contributed by atoms with van der Waals surface area (Å²) in [6, 6.07) is 7.82. The molecule has 0 bridgehead atoms. The van der Waals surface area contributed by atoms with Crippen molar-refractivity contribution in [3.63, 3.8) is 0 Å². The molecule has 5 nitrogen and oxygen atoms in total. The SMILES string of the molecule is CNC(=O)Cc1noc([C@H]2C[C@H]2c2cccc(Cl)c2)n1. The summed E-state index contributed by atoms with van der Waals surface area (Å²) in [4.78, 5) is 15.5. The lowest BCUT2D eigenvalue weighted by Gasteiger charge is -1.98. The molecule has 104 valence electrons. The summed E-state index contributed by atoms with van der Waals surface area (Å²) in [5, 5.41) is 7.11. The minimum atomic E-state index is -0.125. The molecule has 1 fully saturated rings. The van der Waals surface area contributed by atoms with Crippen LogP contribution in [0.2, 0.25) is 5.02 Å². The van der Waals surface area contributed by atoms with Gasteiger partial charge in [-0.15, -0.1) is 0 Å². The second-order valence-corrected chi connectivity index (χ2v) is 5.34. The van der Waals surface area contributed by atoms with Crippen LogP contribution >= 0.6 is 11.6 Å². The highest BCUT2D eigenvalue weighted by atomic mass is 35.5. The maximum atomic E-state index is 11.3. The lowest BCUT2D eigenvalue weighted by atomic mass is 10.1. The summed E-state index contributed by atoms with van der Waals surface area (Å²) in [7, 11) is 1.58. The first kappa shape index (κ1) is 13.1. The Labute approximate surface area is 121 Å². The number of carbonyl (C=O) groups excluding carboxylic acids is 1. The summed E-state index contributed by atoms with van der Waals surface area (Å²) in [5.41, 5.74) is 1.19. The molecule has 0 unspecified atom stereocenters. The number of halogens is 1. The molecule has 1 aliphatic carbocycles. The number of nitrogens with one attached hydrogen (secondary N) is 1. The van der Waals surface area contributed by atoms with Crippen molar-refractivity contribution in [1.29, 1.82) is 0 Å². The summed E-state index contributed by atoms with van der Waals surface area (Å²) >= 11 is 5.99. The van der Waals surface area contributed by atoms with Crippen LogP contribution in [0.4, 0.5) is 0 Å². The second-order valence-electron chi connectivity index (χ2n) is 4.90. The number of nitrogens with zero attached hydrogens (tertiary/aromatic N) is 2. The van der Waals surface area contributed by atoms with Gasteiger partial charge in [0.1, 0.15) is 0 Å². The fourth-order valence-corrected chi connectivity index (χ4v) is 2.49. The average molecular weight is 292 g/mol. The summed E-state index contributed by atoms with van der Waals surface area (Å²) < 4.78 is 5.24. The highest BCUT2D eigenvalue weighted by Gasteiger charge is 2.43. The smallest absolute Gasteiger partial charge is 0.230 e. The van der Waals surface area contributed by atoms with Crippen LogP contribution in [0.1, 0.15) is 35.5 Å². The molecule has 2 aromatic rings. The van der Waals surface area contributed by atoms with Crippen LogP contribution in [0, 0.1) is 0 Å². The van der Waals surface area contributed by atoms with Crippen molar-refractivity contribution in [1.82, 2.24) is 15.5 Å². The third kappa shape index (κ3) is 2.67. The van der Waals surface area contributed by atoms with Crippen LogP contribution in [-0.4, -0.2) is 23.1 Å². The van der Waals surface area contributed by atoms with Crippen LogP contribution in [-0.2, 0) is 11.2 Å². The van der Waals surface area contributed by atoms with Crippen LogP contribution in [0.25, 0.3) is 0 Å². The Kier molecular flexibility index (Phi) is 3.44. The van der Waals surface area contributed by atoms with Gasteiger partial charge in [-0.05, 0) is 30.0 Å². The highest BCUT2D eigenvalue weighted by molar-refractivity contribution is 6.30. The maximum absolute atomic E-state index is 11.3. The molecule has 1 heterocycles. The minimum absolute atomic E-state index is 0.125. The Morgan fingerprint density at radius 1 is 1.50 bits per heavy atom. The lowest BCUT2D eigenvalue weighted by molar-refractivity contribution is -0.120. The van der Waals surface area contributed by atoms with Crippen molar-refractivity contribution in [3.05, 3.63) is 46.6 Å². The number of aromatic nitrogens is 2. The van der Waals surface area contributed by atoms with Crippen LogP contribution in [0.3, 0.4) is 0 Å². The summed E-state index contributed by atoms with van der Waals surface area (Å²) in [6.45, 7) is 0. The predicted molar refractivity (Wildman–Crippen MR) is 73.6 cm³/mol. The third-order valence-corrected chi connectivity index (χ3v) is 3.70. The van der Waals surface area contributed by atoms with E-state index in [9.17, 15) is 4.79 Å². The Morgan fingerprint density at radius 2 is 2.35 bits per heavy atom. The minimum Gasteiger partial charge on any atom is -0.359 e. The lowest BCUT2D eigenvalue weighted by Crippen LogP contribution is -2.20. The van der Waals surface area contributed by atoms with Gasteiger partial charge in [-0.3, -0.25) is 4.79 Å². The van der Waals surface area contributed by atoms with E-state index >= 15 is 0 Å². The quantitative estimate of drug-likeness (QED) is 0.938. The van der Waals surface area contributed by atoms with Crippen molar-refractivity contribution in [2.45, 2.75) is 24.7 Å². The van der Waals surface area contributed by atoms with Gasteiger partial charge in [0.25, 0.3) is 0 Å². The van der Waals surface area contributed by atoms with Gasteiger partial charge in [0.05, 0.1) is 6.42 Å². The Morgan fingerprint density at radius 3 is 3.10 bits per heavy atom. The fraction of sp³-hybridized carbons (Fsp3) is 0.357. The van der Waals surface area contributed by atoms with Crippen molar-refractivity contribution >= 4 is 17.5 Å². The van der Waals surface area contributed by atoms with Crippen molar-refractivity contribution < 1.29 is 9.32 Å². The highest BCUT2D eigenvalue weighted by Crippen LogP contribution is 2.54. The van der Waals surface area contributed by atoms with Gasteiger partial charge in [0, 0.05) is 18.0 Å². The topological polar surface area (TPSA) is 68.0 Å². The van der Waals surface area contributed by atoms with Gasteiger partial charge in [-0.1, -0.05) is 28.9 Å². The molecule has 3 rings (SSSR count). The molecule has 0 aliphatic heterocycles. The van der Waals surface area contributed by atoms with Gasteiger partial charge in [0.2, 0.25) is 11.8 Å². The van der Waals surface area contributed by atoms with Gasteiger partial charge in [-0.25, -0.2) is 0 Å². The predicted octanol–water partition coefficient (Wildman–Crippen LogP) is 2.28. The first-order valence-corrected chi connectivity index (χ1v) is 6.83. The van der Waals surface area contributed by atoms with E-state index in [0.717, 1.165) is 11.4 Å². The van der Waals surface area contributed by atoms with Gasteiger partial charge in [0.15, 0.2) is 5.82 Å². The normalized spacial score (nSPS) is 20.7. The Hall–Kier alpha value is -1.88. The first-order chi connectivity index (χ1) is 9.67.